The highest BCUT2D eigenvalue weighted by molar-refractivity contribution is 7.92. The predicted octanol–water partition coefficient (Wildman–Crippen LogP) is 7.36. The minimum atomic E-state index is -5.19. The van der Waals surface area contributed by atoms with Crippen LogP contribution >= 0.6 is 42.1 Å². The van der Waals surface area contributed by atoms with Crippen molar-refractivity contribution < 1.29 is 41.8 Å². The molecule has 0 fully saturated rings. The van der Waals surface area contributed by atoms with Crippen LogP contribution in [0.15, 0.2) is 28.5 Å². The molecular formula is C27H40Cl2NO9PS2. The molecule has 1 aromatic heterocycles. The molecule has 0 radical (unpaired) electrons. The number of carbonyl (C=O) groups excluding carboxylic acids is 1. The SMILES string of the molecule is CCC(CC)(N(C(=O)OC(C)(C)C)S(=O)(=O)c1ccc(-c2cc(OCCCCl)c(OCCCCl)cc2C)s1)P(=O)(O)O. The Morgan fingerprint density at radius 2 is 1.52 bits per heavy atom. The first-order chi connectivity index (χ1) is 19.5. The third kappa shape index (κ3) is 8.55. The first-order valence-electron chi connectivity index (χ1n) is 13.5. The van der Waals surface area contributed by atoms with E-state index in [9.17, 15) is 27.6 Å². The second-order valence-corrected chi connectivity index (χ2v) is 16.3. The number of halogens is 2. The van der Waals surface area contributed by atoms with Crippen LogP contribution in [0.5, 0.6) is 11.5 Å². The van der Waals surface area contributed by atoms with Crippen molar-refractivity contribution in [1.29, 1.82) is 0 Å². The number of benzene rings is 1. The van der Waals surface area contributed by atoms with Gasteiger partial charge in [0.05, 0.1) is 13.2 Å². The van der Waals surface area contributed by atoms with E-state index in [0.29, 0.717) is 59.8 Å². The standard InChI is InChI=1S/C27H40Cl2NO9PS2/c1-7-27(8-2,40(32,33)34)30(25(31)39-26(4,5)6)42(35,36)24-12-11-23(41-24)20-18-22(38-16-10-14-29)21(17-19(20)3)37-15-9-13-28/h11-12,17-18H,7-10,13-16H2,1-6H3,(H2,32,33,34). The molecule has 2 aromatic rings. The smallest absolute Gasteiger partial charge is 0.425 e. The number of carbonyl (C=O) groups is 1. The molecule has 0 bridgehead atoms. The second-order valence-electron chi connectivity index (χ2n) is 10.5. The minimum Gasteiger partial charge on any atom is -0.490 e. The highest BCUT2D eigenvalue weighted by Gasteiger charge is 2.57. The zero-order chi connectivity index (χ0) is 31.9. The fraction of sp³-hybridized carbons (Fsp3) is 0.593. The lowest BCUT2D eigenvalue weighted by Gasteiger charge is -2.41. The molecule has 2 N–H and O–H groups in total. The van der Waals surface area contributed by atoms with E-state index >= 15 is 0 Å². The van der Waals surface area contributed by atoms with Gasteiger partial charge in [0.2, 0.25) is 0 Å². The van der Waals surface area contributed by atoms with Gasteiger partial charge in [-0.3, -0.25) is 4.57 Å². The highest BCUT2D eigenvalue weighted by Crippen LogP contribution is 2.58. The molecule has 0 spiro atoms. The van der Waals surface area contributed by atoms with Crippen molar-refractivity contribution in [1.82, 2.24) is 4.31 Å². The van der Waals surface area contributed by atoms with Crippen LogP contribution in [-0.2, 0) is 19.3 Å². The molecule has 0 aliphatic rings. The van der Waals surface area contributed by atoms with Crippen LogP contribution in [0.3, 0.4) is 0 Å². The molecule has 10 nitrogen and oxygen atoms in total. The first-order valence-corrected chi connectivity index (χ1v) is 18.4. The Morgan fingerprint density at radius 3 is 1.98 bits per heavy atom. The Hall–Kier alpha value is -1.53. The number of thiophene rings is 1. The molecule has 0 atom stereocenters. The number of hydrogen-bond donors (Lipinski definition) is 2. The normalized spacial score (nSPS) is 12.7. The van der Waals surface area contributed by atoms with Crippen LogP contribution in [-0.4, -0.2) is 64.5 Å². The van der Waals surface area contributed by atoms with Gasteiger partial charge in [0, 0.05) is 16.6 Å². The van der Waals surface area contributed by atoms with Gasteiger partial charge >= 0.3 is 13.7 Å². The maximum atomic E-state index is 14.1. The summed E-state index contributed by atoms with van der Waals surface area (Å²) in [6.07, 6.45) is -0.802. The van der Waals surface area contributed by atoms with Crippen molar-refractivity contribution in [3.8, 4) is 21.9 Å². The molecule has 238 valence electrons. The van der Waals surface area contributed by atoms with Crippen LogP contribution in [0, 0.1) is 6.92 Å². The lowest BCUT2D eigenvalue weighted by Crippen LogP contribution is -2.55. The average Bonchev–Trinajstić information content (AvgIpc) is 3.37. The fourth-order valence-corrected chi connectivity index (χ4v) is 9.28. The summed E-state index contributed by atoms with van der Waals surface area (Å²) in [7, 11) is -9.98. The predicted molar refractivity (Wildman–Crippen MR) is 167 cm³/mol. The fourth-order valence-electron chi connectivity index (χ4n) is 4.18. The molecule has 2 rings (SSSR count). The summed E-state index contributed by atoms with van der Waals surface area (Å²) >= 11 is 12.4. The van der Waals surface area contributed by atoms with Crippen molar-refractivity contribution in [3.05, 3.63) is 29.8 Å². The third-order valence-corrected chi connectivity index (χ3v) is 12.3. The van der Waals surface area contributed by atoms with Crippen LogP contribution in [0.1, 0.15) is 65.9 Å². The van der Waals surface area contributed by atoms with Gasteiger partial charge in [0.15, 0.2) is 16.8 Å². The Morgan fingerprint density at radius 1 is 1.00 bits per heavy atom. The summed E-state index contributed by atoms with van der Waals surface area (Å²) in [5, 5.41) is -2.35. The Labute approximate surface area is 262 Å². The summed E-state index contributed by atoms with van der Waals surface area (Å²) in [5.74, 6) is 1.80. The van der Waals surface area contributed by atoms with Crippen molar-refractivity contribution in [2.24, 2.45) is 0 Å². The number of rotatable bonds is 15. The molecule has 1 heterocycles. The number of sulfonamides is 1. The van der Waals surface area contributed by atoms with E-state index in [-0.39, 0.29) is 21.4 Å². The minimum absolute atomic E-state index is 0.239. The third-order valence-electron chi connectivity index (χ3n) is 6.32. The number of hydrogen-bond acceptors (Lipinski definition) is 8. The number of aryl methyl sites for hydroxylation is 1. The molecule has 0 aliphatic carbocycles. The summed E-state index contributed by atoms with van der Waals surface area (Å²) in [6, 6.07) is 6.40. The van der Waals surface area contributed by atoms with Crippen LogP contribution in [0.2, 0.25) is 0 Å². The molecular weight excluding hydrogens is 648 g/mol. The van der Waals surface area contributed by atoms with E-state index in [1.54, 1.807) is 18.2 Å². The number of nitrogens with zero attached hydrogens (tertiary/aromatic N) is 1. The number of alkyl halides is 2. The van der Waals surface area contributed by atoms with Crippen LogP contribution < -0.4 is 9.47 Å². The molecule has 42 heavy (non-hydrogen) atoms. The topological polar surface area (TPSA) is 140 Å². The molecule has 15 heteroatoms. The summed E-state index contributed by atoms with van der Waals surface area (Å²) in [6.45, 7) is 10.00. The Bertz CT molecular complexity index is 1370. The Kier molecular flexibility index (Phi) is 13.1. The summed E-state index contributed by atoms with van der Waals surface area (Å²) in [4.78, 5) is 34.6. The Balaban J connectivity index is 2.67. The van der Waals surface area contributed by atoms with Gasteiger partial charge in [-0.2, -0.15) is 12.7 Å². The first kappa shape index (κ1) is 36.7. The highest BCUT2D eigenvalue weighted by atomic mass is 35.5. The van der Waals surface area contributed by atoms with E-state index in [1.165, 1.54) is 40.7 Å². The summed E-state index contributed by atoms with van der Waals surface area (Å²) < 4.78 is 58.0. The number of amides is 1. The van der Waals surface area contributed by atoms with Gasteiger partial charge in [0.25, 0.3) is 10.0 Å². The molecule has 1 amide bonds. The van der Waals surface area contributed by atoms with Gasteiger partial charge in [-0.1, -0.05) is 13.8 Å². The van der Waals surface area contributed by atoms with Gasteiger partial charge in [0.1, 0.15) is 9.81 Å². The van der Waals surface area contributed by atoms with E-state index in [0.717, 1.165) is 16.9 Å². The van der Waals surface area contributed by atoms with Crippen molar-refractivity contribution in [2.75, 3.05) is 25.0 Å². The summed E-state index contributed by atoms with van der Waals surface area (Å²) in [5.41, 5.74) is 0.295. The van der Waals surface area contributed by atoms with Gasteiger partial charge in [-0.05, 0) is 88.8 Å². The average molecular weight is 689 g/mol. The molecule has 0 saturated carbocycles. The zero-order valence-electron chi connectivity index (χ0n) is 24.7. The lowest BCUT2D eigenvalue weighted by atomic mass is 10.1. The number of ether oxygens (including phenoxy) is 3. The molecule has 0 aliphatic heterocycles. The van der Waals surface area contributed by atoms with E-state index in [2.05, 4.69) is 0 Å². The van der Waals surface area contributed by atoms with Crippen molar-refractivity contribution in [2.45, 2.75) is 82.3 Å². The van der Waals surface area contributed by atoms with Gasteiger partial charge in [-0.25, -0.2) is 4.79 Å². The molecule has 1 aromatic carbocycles. The monoisotopic (exact) mass is 687 g/mol. The maximum absolute atomic E-state index is 14.1. The zero-order valence-corrected chi connectivity index (χ0v) is 28.7. The van der Waals surface area contributed by atoms with Crippen LogP contribution in [0.25, 0.3) is 10.4 Å². The quantitative estimate of drug-likeness (QED) is 0.112. The van der Waals surface area contributed by atoms with E-state index < -0.39 is 34.6 Å². The maximum Gasteiger partial charge on any atom is 0.425 e. The molecule has 0 unspecified atom stereocenters. The largest absolute Gasteiger partial charge is 0.490 e. The van der Waals surface area contributed by atoms with Crippen molar-refractivity contribution in [3.63, 3.8) is 0 Å². The second kappa shape index (κ2) is 15.0. The van der Waals surface area contributed by atoms with Crippen LogP contribution in [0.4, 0.5) is 4.79 Å². The van der Waals surface area contributed by atoms with Gasteiger partial charge < -0.3 is 24.0 Å². The van der Waals surface area contributed by atoms with Crippen molar-refractivity contribution >= 4 is 58.3 Å². The van der Waals surface area contributed by atoms with E-state index in [1.807, 2.05) is 6.92 Å². The molecule has 0 saturated heterocycles. The van der Waals surface area contributed by atoms with Gasteiger partial charge in [-0.15, -0.1) is 34.5 Å². The lowest BCUT2D eigenvalue weighted by molar-refractivity contribution is 0.0269. The van der Waals surface area contributed by atoms with E-state index in [4.69, 9.17) is 37.4 Å².